The predicted octanol–water partition coefficient (Wildman–Crippen LogP) is 0.612. The molecular formula is C13H19N3O3. The van der Waals surface area contributed by atoms with E-state index >= 15 is 0 Å². The normalized spacial score (nSPS) is 21.7. The monoisotopic (exact) mass is 265 g/mol. The van der Waals surface area contributed by atoms with Crippen LogP contribution in [0.4, 0.5) is 0 Å². The molecule has 104 valence electrons. The Balaban J connectivity index is 1.72. The van der Waals surface area contributed by atoms with Crippen LogP contribution in [0.15, 0.2) is 10.6 Å². The van der Waals surface area contributed by atoms with Crippen LogP contribution in [0.3, 0.4) is 0 Å². The molecule has 0 unspecified atom stereocenters. The molecule has 3 heterocycles. The van der Waals surface area contributed by atoms with Crippen LogP contribution in [-0.4, -0.2) is 54.4 Å². The largest absolute Gasteiger partial charge is 0.369 e. The zero-order chi connectivity index (χ0) is 13.5. The summed E-state index contributed by atoms with van der Waals surface area (Å²) in [6.45, 7) is 7.48. The molecule has 0 atom stereocenters. The van der Waals surface area contributed by atoms with Gasteiger partial charge in [-0.05, 0) is 5.92 Å². The van der Waals surface area contributed by atoms with Crippen molar-refractivity contribution in [3.8, 4) is 0 Å². The Kier molecular flexibility index (Phi) is 3.06. The van der Waals surface area contributed by atoms with Crippen LogP contribution in [0.25, 0.3) is 0 Å². The minimum atomic E-state index is -0.186. The number of ether oxygens (including phenoxy) is 1. The lowest BCUT2D eigenvalue weighted by Crippen LogP contribution is -2.69. The standard InChI is InChI=1S/C13H19N3O3/c1-9(2)10-5-11(19-15-10)12(17)16-3-4-18-13(8-16)6-14-7-13/h5,9,14H,3-4,6-8H2,1-2H3. The highest BCUT2D eigenvalue weighted by atomic mass is 16.5. The Morgan fingerprint density at radius 2 is 2.32 bits per heavy atom. The molecule has 2 aliphatic rings. The molecule has 1 amide bonds. The molecule has 1 spiro atoms. The van der Waals surface area contributed by atoms with Crippen molar-refractivity contribution in [2.75, 3.05) is 32.8 Å². The number of hydrogen-bond acceptors (Lipinski definition) is 5. The fraction of sp³-hybridized carbons (Fsp3) is 0.692. The van der Waals surface area contributed by atoms with E-state index < -0.39 is 0 Å². The van der Waals surface area contributed by atoms with Crippen LogP contribution < -0.4 is 5.32 Å². The number of nitrogens with zero attached hydrogens (tertiary/aromatic N) is 2. The van der Waals surface area contributed by atoms with Gasteiger partial charge in [-0.15, -0.1) is 0 Å². The highest BCUT2D eigenvalue weighted by molar-refractivity contribution is 5.91. The van der Waals surface area contributed by atoms with E-state index in [0.29, 0.717) is 25.5 Å². The number of carbonyl (C=O) groups excluding carboxylic acids is 1. The molecule has 2 saturated heterocycles. The maximum Gasteiger partial charge on any atom is 0.292 e. The summed E-state index contributed by atoms with van der Waals surface area (Å²) in [7, 11) is 0. The second-order valence-electron chi connectivity index (χ2n) is 5.63. The zero-order valence-corrected chi connectivity index (χ0v) is 11.3. The van der Waals surface area contributed by atoms with Crippen molar-refractivity contribution in [3.05, 3.63) is 17.5 Å². The number of rotatable bonds is 2. The molecule has 6 nitrogen and oxygen atoms in total. The minimum Gasteiger partial charge on any atom is -0.369 e. The fourth-order valence-electron chi connectivity index (χ4n) is 2.45. The molecule has 0 bridgehead atoms. The average Bonchev–Trinajstić information content (AvgIpc) is 2.86. The molecule has 2 fully saturated rings. The summed E-state index contributed by atoms with van der Waals surface area (Å²) in [5.74, 6) is 0.499. The van der Waals surface area contributed by atoms with Gasteiger partial charge in [-0.2, -0.15) is 0 Å². The van der Waals surface area contributed by atoms with E-state index in [2.05, 4.69) is 10.5 Å². The summed E-state index contributed by atoms with van der Waals surface area (Å²) >= 11 is 0. The molecule has 6 heteroatoms. The zero-order valence-electron chi connectivity index (χ0n) is 11.3. The third-order valence-corrected chi connectivity index (χ3v) is 3.76. The molecule has 19 heavy (non-hydrogen) atoms. The van der Waals surface area contributed by atoms with Crippen LogP contribution >= 0.6 is 0 Å². The Hall–Kier alpha value is -1.40. The Labute approximate surface area is 112 Å². The van der Waals surface area contributed by atoms with E-state index in [-0.39, 0.29) is 17.4 Å². The van der Waals surface area contributed by atoms with E-state index in [9.17, 15) is 4.79 Å². The van der Waals surface area contributed by atoms with E-state index in [1.54, 1.807) is 11.0 Å². The van der Waals surface area contributed by atoms with Gasteiger partial charge in [-0.1, -0.05) is 19.0 Å². The lowest BCUT2D eigenvalue weighted by molar-refractivity contribution is -0.126. The number of hydrogen-bond donors (Lipinski definition) is 1. The van der Waals surface area contributed by atoms with Gasteiger partial charge in [-0.25, -0.2) is 0 Å². The molecule has 0 saturated carbocycles. The Bertz CT molecular complexity index is 479. The molecule has 3 rings (SSSR count). The van der Waals surface area contributed by atoms with Crippen molar-refractivity contribution in [2.24, 2.45) is 0 Å². The van der Waals surface area contributed by atoms with Crippen LogP contribution in [-0.2, 0) is 4.74 Å². The third kappa shape index (κ3) is 2.26. The van der Waals surface area contributed by atoms with Gasteiger partial charge in [0.05, 0.1) is 18.8 Å². The topological polar surface area (TPSA) is 67.6 Å². The summed E-state index contributed by atoms with van der Waals surface area (Å²) in [6, 6.07) is 1.74. The van der Waals surface area contributed by atoms with Crippen LogP contribution in [0.2, 0.25) is 0 Å². The van der Waals surface area contributed by atoms with Gasteiger partial charge in [0.15, 0.2) is 0 Å². The van der Waals surface area contributed by atoms with Crippen LogP contribution in [0, 0.1) is 0 Å². The van der Waals surface area contributed by atoms with Gasteiger partial charge in [0, 0.05) is 25.7 Å². The summed E-state index contributed by atoms with van der Waals surface area (Å²) in [5.41, 5.74) is 0.631. The second-order valence-corrected chi connectivity index (χ2v) is 5.63. The third-order valence-electron chi connectivity index (χ3n) is 3.76. The predicted molar refractivity (Wildman–Crippen MR) is 68.0 cm³/mol. The highest BCUT2D eigenvalue weighted by Crippen LogP contribution is 2.24. The average molecular weight is 265 g/mol. The van der Waals surface area contributed by atoms with Crippen LogP contribution in [0.1, 0.15) is 36.0 Å². The van der Waals surface area contributed by atoms with Gasteiger partial charge in [-0.3, -0.25) is 4.79 Å². The van der Waals surface area contributed by atoms with Crippen LogP contribution in [0.5, 0.6) is 0 Å². The van der Waals surface area contributed by atoms with Crippen molar-refractivity contribution in [1.29, 1.82) is 0 Å². The first-order chi connectivity index (χ1) is 9.10. The van der Waals surface area contributed by atoms with E-state index in [0.717, 1.165) is 18.8 Å². The number of amides is 1. The van der Waals surface area contributed by atoms with Gasteiger partial charge < -0.3 is 19.5 Å². The minimum absolute atomic E-state index is 0.0889. The Morgan fingerprint density at radius 1 is 1.53 bits per heavy atom. The highest BCUT2D eigenvalue weighted by Gasteiger charge is 2.43. The van der Waals surface area contributed by atoms with Gasteiger partial charge in [0.1, 0.15) is 5.60 Å². The van der Waals surface area contributed by atoms with Crippen molar-refractivity contribution in [2.45, 2.75) is 25.4 Å². The smallest absolute Gasteiger partial charge is 0.292 e. The van der Waals surface area contributed by atoms with E-state index in [4.69, 9.17) is 9.26 Å². The molecule has 2 aliphatic heterocycles. The number of aromatic nitrogens is 1. The Morgan fingerprint density at radius 3 is 2.89 bits per heavy atom. The summed E-state index contributed by atoms with van der Waals surface area (Å²) < 4.78 is 10.9. The number of morpholine rings is 1. The van der Waals surface area contributed by atoms with Crippen molar-refractivity contribution < 1.29 is 14.1 Å². The molecule has 0 aliphatic carbocycles. The quantitative estimate of drug-likeness (QED) is 0.848. The van der Waals surface area contributed by atoms with Gasteiger partial charge >= 0.3 is 0 Å². The van der Waals surface area contributed by atoms with Gasteiger partial charge in [0.25, 0.3) is 5.91 Å². The van der Waals surface area contributed by atoms with E-state index in [1.807, 2.05) is 13.8 Å². The van der Waals surface area contributed by atoms with E-state index in [1.165, 1.54) is 0 Å². The SMILES string of the molecule is CC(C)c1cc(C(=O)N2CCOC3(CNC3)C2)on1. The molecule has 1 N–H and O–H groups in total. The first-order valence-electron chi connectivity index (χ1n) is 6.70. The van der Waals surface area contributed by atoms with Crippen molar-refractivity contribution >= 4 is 5.91 Å². The molecule has 0 aromatic carbocycles. The van der Waals surface area contributed by atoms with Crippen molar-refractivity contribution in [1.82, 2.24) is 15.4 Å². The van der Waals surface area contributed by atoms with Crippen molar-refractivity contribution in [3.63, 3.8) is 0 Å². The molecule has 0 radical (unpaired) electrons. The van der Waals surface area contributed by atoms with Gasteiger partial charge in [0.2, 0.25) is 5.76 Å². The summed E-state index contributed by atoms with van der Waals surface area (Å²) in [6.07, 6.45) is 0. The maximum absolute atomic E-state index is 12.4. The fourth-order valence-corrected chi connectivity index (χ4v) is 2.45. The number of nitrogens with one attached hydrogen (secondary N) is 1. The lowest BCUT2D eigenvalue weighted by Gasteiger charge is -2.48. The molecular weight excluding hydrogens is 246 g/mol. The second kappa shape index (κ2) is 4.61. The molecule has 1 aromatic heterocycles. The molecule has 1 aromatic rings. The lowest BCUT2D eigenvalue weighted by atomic mass is 9.94. The summed E-state index contributed by atoms with van der Waals surface area (Å²) in [4.78, 5) is 14.2. The maximum atomic E-state index is 12.4. The number of carbonyl (C=O) groups is 1. The first-order valence-corrected chi connectivity index (χ1v) is 6.70. The summed E-state index contributed by atoms with van der Waals surface area (Å²) in [5, 5.41) is 7.13. The first kappa shape index (κ1) is 12.6.